The number of hydrogen-bond donors (Lipinski definition) is 0. The maximum Gasteiger partial charge on any atom is 0.218 e. The Morgan fingerprint density at radius 2 is 1.19 bits per heavy atom. The molecule has 0 bridgehead atoms. The third-order valence-corrected chi connectivity index (χ3v) is 4.78. The van der Waals surface area contributed by atoms with Crippen LogP contribution in [0.4, 0.5) is 0 Å². The zero-order valence-corrected chi connectivity index (χ0v) is 19.1. The molecule has 0 aliphatic rings. The first-order valence-electron chi connectivity index (χ1n) is 10.4. The normalized spacial score (nSPS) is 11.8. The zero-order valence-electron chi connectivity index (χ0n) is 18.3. The van der Waals surface area contributed by atoms with Crippen molar-refractivity contribution in [1.29, 1.82) is 0 Å². The van der Waals surface area contributed by atoms with Crippen molar-refractivity contribution in [3.8, 4) is 0 Å². The van der Waals surface area contributed by atoms with E-state index in [4.69, 9.17) is 0 Å². The first kappa shape index (κ1) is 28.7. The molecule has 6 nitrogen and oxygen atoms in total. The fourth-order valence-electron chi connectivity index (χ4n) is 2.20. The van der Waals surface area contributed by atoms with E-state index in [9.17, 15) is 17.8 Å². The molecule has 0 aromatic rings. The van der Waals surface area contributed by atoms with E-state index in [0.717, 1.165) is 23.7 Å². The minimum atomic E-state index is -4.74. The highest BCUT2D eigenvalue weighted by atomic mass is 32.3. The molecule has 0 N–H and O–H groups in total. The van der Waals surface area contributed by atoms with E-state index >= 15 is 0 Å². The van der Waals surface area contributed by atoms with Crippen LogP contribution in [0.3, 0.4) is 0 Å². The van der Waals surface area contributed by atoms with E-state index in [1.165, 1.54) is 57.9 Å². The SMILES string of the molecule is CCCCCCCCCCCCCC(=O)COS(=O)(=O)[O-].CC[N+](C)(C)C. The summed E-state index contributed by atoms with van der Waals surface area (Å²) < 4.78 is 35.5. The van der Waals surface area contributed by atoms with Gasteiger partial charge in [0.1, 0.15) is 6.61 Å². The average molecular weight is 410 g/mol. The molecule has 0 saturated heterocycles. The Labute approximate surface area is 168 Å². The summed E-state index contributed by atoms with van der Waals surface area (Å²) in [5, 5.41) is 0. The first-order valence-corrected chi connectivity index (χ1v) is 11.8. The number of Topliss-reactive ketones (excluding diaryl/α,β-unsaturated/α-hetero) is 1. The van der Waals surface area contributed by atoms with Crippen LogP contribution >= 0.6 is 0 Å². The van der Waals surface area contributed by atoms with E-state index in [1.807, 2.05) is 0 Å². The van der Waals surface area contributed by atoms with E-state index in [1.54, 1.807) is 0 Å². The molecular weight excluding hydrogens is 366 g/mol. The predicted octanol–water partition coefficient (Wildman–Crippen LogP) is 4.45. The van der Waals surface area contributed by atoms with Gasteiger partial charge in [0.2, 0.25) is 10.4 Å². The van der Waals surface area contributed by atoms with Gasteiger partial charge in [0.05, 0.1) is 27.7 Å². The van der Waals surface area contributed by atoms with Crippen molar-refractivity contribution in [3.05, 3.63) is 0 Å². The van der Waals surface area contributed by atoms with Crippen LogP contribution in [-0.2, 0) is 19.4 Å². The Hall–Kier alpha value is -0.500. The summed E-state index contributed by atoms with van der Waals surface area (Å²) in [6.45, 7) is 4.99. The Morgan fingerprint density at radius 1 is 0.815 bits per heavy atom. The fraction of sp³-hybridized carbons (Fsp3) is 0.950. The molecule has 0 aromatic heterocycles. The summed E-state index contributed by atoms with van der Waals surface area (Å²) in [6.07, 6.45) is 13.4. The van der Waals surface area contributed by atoms with Gasteiger partial charge in [0.15, 0.2) is 5.78 Å². The number of rotatable bonds is 16. The van der Waals surface area contributed by atoms with Crippen LogP contribution in [0.25, 0.3) is 0 Å². The Morgan fingerprint density at radius 3 is 1.52 bits per heavy atom. The third kappa shape index (κ3) is 30.5. The van der Waals surface area contributed by atoms with Crippen molar-refractivity contribution in [1.82, 2.24) is 0 Å². The molecular formula is C20H43NO5S. The molecule has 0 aliphatic heterocycles. The van der Waals surface area contributed by atoms with Crippen LogP contribution in [0.15, 0.2) is 0 Å². The molecule has 0 aromatic carbocycles. The lowest BCUT2D eigenvalue weighted by molar-refractivity contribution is -0.868. The number of nitrogens with zero attached hydrogens (tertiary/aromatic N) is 1. The predicted molar refractivity (Wildman–Crippen MR) is 110 cm³/mol. The molecule has 0 unspecified atom stereocenters. The van der Waals surface area contributed by atoms with Gasteiger partial charge in [-0.05, 0) is 13.3 Å². The van der Waals surface area contributed by atoms with Gasteiger partial charge in [0.25, 0.3) is 0 Å². The topological polar surface area (TPSA) is 83.5 Å². The second-order valence-corrected chi connectivity index (χ2v) is 9.15. The second-order valence-electron chi connectivity index (χ2n) is 8.10. The number of quaternary nitrogens is 1. The summed E-state index contributed by atoms with van der Waals surface area (Å²) in [4.78, 5) is 11.2. The van der Waals surface area contributed by atoms with Gasteiger partial charge >= 0.3 is 0 Å². The highest BCUT2D eigenvalue weighted by molar-refractivity contribution is 7.80. The molecule has 0 spiro atoms. The Bertz CT molecular complexity index is 444. The smallest absolute Gasteiger partial charge is 0.218 e. The van der Waals surface area contributed by atoms with Crippen LogP contribution in [-0.4, -0.2) is 57.5 Å². The molecule has 0 rings (SSSR count). The lowest BCUT2D eigenvalue weighted by Gasteiger charge is -2.20. The van der Waals surface area contributed by atoms with Crippen LogP contribution in [0, 0.1) is 0 Å². The molecule has 0 saturated carbocycles. The van der Waals surface area contributed by atoms with E-state index in [-0.39, 0.29) is 12.2 Å². The second kappa shape index (κ2) is 17.6. The quantitative estimate of drug-likeness (QED) is 0.163. The van der Waals surface area contributed by atoms with Crippen molar-refractivity contribution in [2.24, 2.45) is 0 Å². The summed E-state index contributed by atoms with van der Waals surface area (Å²) in [6, 6.07) is 0. The number of unbranched alkanes of at least 4 members (excludes halogenated alkanes) is 10. The van der Waals surface area contributed by atoms with Gasteiger partial charge in [-0.3, -0.25) is 8.98 Å². The summed E-state index contributed by atoms with van der Waals surface area (Å²) >= 11 is 0. The molecule has 27 heavy (non-hydrogen) atoms. The number of carbonyl (C=O) groups excluding carboxylic acids is 1. The lowest BCUT2D eigenvalue weighted by atomic mass is 10.0. The third-order valence-electron chi connectivity index (χ3n) is 4.37. The highest BCUT2D eigenvalue weighted by Gasteiger charge is 2.04. The molecule has 0 heterocycles. The number of ketones is 1. The van der Waals surface area contributed by atoms with E-state index in [2.05, 4.69) is 39.2 Å². The van der Waals surface area contributed by atoms with Crippen molar-refractivity contribution in [2.75, 3.05) is 34.3 Å². The Balaban J connectivity index is 0. The van der Waals surface area contributed by atoms with Crippen molar-refractivity contribution < 1.29 is 26.4 Å². The van der Waals surface area contributed by atoms with E-state index < -0.39 is 17.0 Å². The summed E-state index contributed by atoms with van der Waals surface area (Å²) in [5.41, 5.74) is 0. The highest BCUT2D eigenvalue weighted by Crippen LogP contribution is 2.12. The minimum Gasteiger partial charge on any atom is -0.726 e. The molecule has 0 radical (unpaired) electrons. The minimum absolute atomic E-state index is 0.284. The standard InChI is InChI=1S/C15H30O5S.C5H14N/c1-2-3-4-5-6-7-8-9-10-11-12-13-15(16)14-20-21(17,18)19;1-5-6(2,3)4/h2-14H2,1H3,(H,17,18,19);5H2,1-4H3/q;+1/p-1. The average Bonchev–Trinajstić information content (AvgIpc) is 2.57. The van der Waals surface area contributed by atoms with Gasteiger partial charge in [-0.25, -0.2) is 8.42 Å². The van der Waals surface area contributed by atoms with Crippen molar-refractivity contribution >= 4 is 16.2 Å². The van der Waals surface area contributed by atoms with Gasteiger partial charge in [-0.2, -0.15) is 0 Å². The van der Waals surface area contributed by atoms with E-state index in [0.29, 0.717) is 0 Å². The van der Waals surface area contributed by atoms with Crippen LogP contribution < -0.4 is 0 Å². The summed E-state index contributed by atoms with van der Waals surface area (Å²) in [5.74, 6) is -0.328. The van der Waals surface area contributed by atoms with Crippen molar-refractivity contribution in [2.45, 2.75) is 90.9 Å². The molecule has 0 aliphatic carbocycles. The van der Waals surface area contributed by atoms with Gasteiger partial charge in [-0.1, -0.05) is 71.1 Å². The molecule has 7 heteroatoms. The molecule has 164 valence electrons. The first-order chi connectivity index (χ1) is 12.5. The van der Waals surface area contributed by atoms with Crippen LogP contribution in [0.1, 0.15) is 90.9 Å². The van der Waals surface area contributed by atoms with Gasteiger partial charge < -0.3 is 9.04 Å². The van der Waals surface area contributed by atoms with Gasteiger partial charge in [-0.15, -0.1) is 0 Å². The number of carbonyl (C=O) groups is 1. The summed E-state index contributed by atoms with van der Waals surface area (Å²) in [7, 11) is 1.80. The molecule has 0 atom stereocenters. The molecule has 0 amide bonds. The number of hydrogen-bond acceptors (Lipinski definition) is 5. The monoisotopic (exact) mass is 409 g/mol. The van der Waals surface area contributed by atoms with Crippen LogP contribution in [0.5, 0.6) is 0 Å². The largest absolute Gasteiger partial charge is 0.726 e. The van der Waals surface area contributed by atoms with Crippen molar-refractivity contribution in [3.63, 3.8) is 0 Å². The van der Waals surface area contributed by atoms with Gasteiger partial charge in [0, 0.05) is 6.42 Å². The lowest BCUT2D eigenvalue weighted by Crippen LogP contribution is -2.33. The molecule has 0 fully saturated rings. The Kier molecular flexibility index (Phi) is 18.7. The maximum atomic E-state index is 11.2. The zero-order chi connectivity index (χ0) is 21.2. The fourth-order valence-corrected chi connectivity index (χ4v) is 2.47. The maximum absolute atomic E-state index is 11.2. The van der Waals surface area contributed by atoms with Crippen LogP contribution in [0.2, 0.25) is 0 Å².